The summed E-state index contributed by atoms with van der Waals surface area (Å²) in [6.45, 7) is 5.71. The molecule has 1 aromatic heterocycles. The first kappa shape index (κ1) is 18.8. The van der Waals surface area contributed by atoms with Crippen molar-refractivity contribution in [2.45, 2.75) is 19.3 Å². The molecule has 0 spiro atoms. The van der Waals surface area contributed by atoms with Gasteiger partial charge in [-0.2, -0.15) is 0 Å². The van der Waals surface area contributed by atoms with Crippen LogP contribution in [0.4, 0.5) is 11.5 Å². The van der Waals surface area contributed by atoms with E-state index >= 15 is 0 Å². The average molecular weight is 367 g/mol. The minimum Gasteiger partial charge on any atom is -0.493 e. The Hall–Kier alpha value is -3.02. The lowest BCUT2D eigenvalue weighted by Crippen LogP contribution is -2.21. The highest BCUT2D eigenvalue weighted by Gasteiger charge is 2.13. The van der Waals surface area contributed by atoms with Crippen molar-refractivity contribution in [3.8, 4) is 11.5 Å². The van der Waals surface area contributed by atoms with Crippen LogP contribution < -0.4 is 19.7 Å². The topological polar surface area (TPSA) is 63.7 Å². The molecule has 6 nitrogen and oxygen atoms in total. The van der Waals surface area contributed by atoms with Gasteiger partial charge in [-0.05, 0) is 49.1 Å². The SMILES string of the molecule is C=CCc1ccc(OCC(=O)Nc2ccc(N3CCCC3)nc2)c(OC)c1. The van der Waals surface area contributed by atoms with Crippen LogP contribution in [0.15, 0.2) is 49.2 Å². The van der Waals surface area contributed by atoms with Gasteiger partial charge in [-0.25, -0.2) is 4.98 Å². The zero-order chi connectivity index (χ0) is 19.1. The van der Waals surface area contributed by atoms with Gasteiger partial charge in [0, 0.05) is 13.1 Å². The molecule has 0 bridgehead atoms. The number of benzene rings is 1. The molecule has 1 fully saturated rings. The molecule has 1 amide bonds. The molecular formula is C21H25N3O3. The number of hydrogen-bond acceptors (Lipinski definition) is 5. The molecule has 1 aliphatic rings. The van der Waals surface area contributed by atoms with E-state index in [1.54, 1.807) is 19.4 Å². The molecule has 2 aromatic rings. The van der Waals surface area contributed by atoms with E-state index in [2.05, 4.69) is 21.8 Å². The molecule has 1 saturated heterocycles. The van der Waals surface area contributed by atoms with Crippen molar-refractivity contribution in [1.29, 1.82) is 0 Å². The van der Waals surface area contributed by atoms with Crippen molar-refractivity contribution in [2.75, 3.05) is 37.0 Å². The summed E-state index contributed by atoms with van der Waals surface area (Å²) in [5.74, 6) is 1.83. The second-order valence-corrected chi connectivity index (χ2v) is 6.41. The van der Waals surface area contributed by atoms with E-state index < -0.39 is 0 Å². The molecule has 0 saturated carbocycles. The Labute approximate surface area is 159 Å². The largest absolute Gasteiger partial charge is 0.493 e. The predicted molar refractivity (Wildman–Crippen MR) is 107 cm³/mol. The van der Waals surface area contributed by atoms with E-state index in [1.165, 1.54) is 12.8 Å². The Morgan fingerprint density at radius 3 is 2.74 bits per heavy atom. The van der Waals surface area contributed by atoms with Crippen LogP contribution in [-0.2, 0) is 11.2 Å². The van der Waals surface area contributed by atoms with Gasteiger partial charge >= 0.3 is 0 Å². The summed E-state index contributed by atoms with van der Waals surface area (Å²) in [5.41, 5.74) is 1.72. The number of aromatic nitrogens is 1. The summed E-state index contributed by atoms with van der Waals surface area (Å²) in [6.07, 6.45) is 6.66. The van der Waals surface area contributed by atoms with Gasteiger partial charge in [0.25, 0.3) is 5.91 Å². The molecule has 1 aromatic carbocycles. The number of methoxy groups -OCH3 is 1. The van der Waals surface area contributed by atoms with Crippen LogP contribution in [0.1, 0.15) is 18.4 Å². The number of nitrogens with one attached hydrogen (secondary N) is 1. The summed E-state index contributed by atoms with van der Waals surface area (Å²) in [7, 11) is 1.58. The first-order valence-electron chi connectivity index (χ1n) is 9.11. The first-order chi connectivity index (χ1) is 13.2. The Bertz CT molecular complexity index is 784. The van der Waals surface area contributed by atoms with Gasteiger partial charge in [0.2, 0.25) is 0 Å². The lowest BCUT2D eigenvalue weighted by molar-refractivity contribution is -0.118. The molecule has 3 rings (SSSR count). The van der Waals surface area contributed by atoms with E-state index in [4.69, 9.17) is 9.47 Å². The summed E-state index contributed by atoms with van der Waals surface area (Å²) < 4.78 is 10.9. The molecule has 1 aliphatic heterocycles. The minimum atomic E-state index is -0.247. The van der Waals surface area contributed by atoms with Crippen molar-refractivity contribution in [1.82, 2.24) is 4.98 Å². The molecule has 0 aliphatic carbocycles. The highest BCUT2D eigenvalue weighted by molar-refractivity contribution is 5.91. The van der Waals surface area contributed by atoms with Crippen molar-refractivity contribution in [3.05, 3.63) is 54.7 Å². The van der Waals surface area contributed by atoms with Gasteiger partial charge in [0.05, 0.1) is 19.0 Å². The maximum Gasteiger partial charge on any atom is 0.262 e. The van der Waals surface area contributed by atoms with Crippen LogP contribution in [0, 0.1) is 0 Å². The molecular weight excluding hydrogens is 342 g/mol. The van der Waals surface area contributed by atoms with Crippen LogP contribution in [0.2, 0.25) is 0 Å². The van der Waals surface area contributed by atoms with Gasteiger partial charge in [-0.3, -0.25) is 4.79 Å². The van der Waals surface area contributed by atoms with E-state index in [-0.39, 0.29) is 12.5 Å². The minimum absolute atomic E-state index is 0.106. The Morgan fingerprint density at radius 1 is 1.26 bits per heavy atom. The Kier molecular flexibility index (Phi) is 6.30. The summed E-state index contributed by atoms with van der Waals surface area (Å²) in [6, 6.07) is 9.41. The van der Waals surface area contributed by atoms with Crippen LogP contribution in [0.5, 0.6) is 11.5 Å². The Morgan fingerprint density at radius 2 is 2.07 bits per heavy atom. The molecule has 27 heavy (non-hydrogen) atoms. The van der Waals surface area contributed by atoms with Crippen molar-refractivity contribution < 1.29 is 14.3 Å². The molecule has 0 atom stereocenters. The van der Waals surface area contributed by atoms with E-state index in [0.717, 1.165) is 30.9 Å². The third kappa shape index (κ3) is 5.00. The van der Waals surface area contributed by atoms with Gasteiger partial charge in [0.15, 0.2) is 18.1 Å². The molecule has 0 radical (unpaired) electrons. The molecule has 1 N–H and O–H groups in total. The lowest BCUT2D eigenvalue weighted by atomic mass is 10.1. The van der Waals surface area contributed by atoms with Gasteiger partial charge in [0.1, 0.15) is 5.82 Å². The third-order valence-electron chi connectivity index (χ3n) is 4.43. The van der Waals surface area contributed by atoms with Crippen LogP contribution in [0.3, 0.4) is 0 Å². The number of allylic oxidation sites excluding steroid dienone is 1. The number of pyridine rings is 1. The maximum atomic E-state index is 12.2. The Balaban J connectivity index is 1.54. The fraction of sp³-hybridized carbons (Fsp3) is 0.333. The third-order valence-corrected chi connectivity index (χ3v) is 4.43. The van der Waals surface area contributed by atoms with Crippen LogP contribution in [0.25, 0.3) is 0 Å². The smallest absolute Gasteiger partial charge is 0.262 e. The van der Waals surface area contributed by atoms with Gasteiger partial charge in [-0.1, -0.05) is 12.1 Å². The van der Waals surface area contributed by atoms with Crippen molar-refractivity contribution in [2.24, 2.45) is 0 Å². The number of carbonyl (C=O) groups excluding carboxylic acids is 1. The van der Waals surface area contributed by atoms with E-state index in [9.17, 15) is 4.79 Å². The molecule has 142 valence electrons. The average Bonchev–Trinajstić information content (AvgIpc) is 3.22. The molecule has 2 heterocycles. The maximum absolute atomic E-state index is 12.2. The number of rotatable bonds is 8. The number of amides is 1. The second-order valence-electron chi connectivity index (χ2n) is 6.41. The normalized spacial score (nSPS) is 13.3. The van der Waals surface area contributed by atoms with Gasteiger partial charge < -0.3 is 19.7 Å². The van der Waals surface area contributed by atoms with Crippen LogP contribution in [-0.4, -0.2) is 37.7 Å². The summed E-state index contributed by atoms with van der Waals surface area (Å²) in [4.78, 5) is 18.8. The highest BCUT2D eigenvalue weighted by Crippen LogP contribution is 2.28. The fourth-order valence-electron chi connectivity index (χ4n) is 3.06. The quantitative estimate of drug-likeness (QED) is 0.724. The first-order valence-corrected chi connectivity index (χ1v) is 9.11. The zero-order valence-electron chi connectivity index (χ0n) is 15.6. The number of ether oxygens (including phenoxy) is 2. The van der Waals surface area contributed by atoms with Crippen LogP contribution >= 0.6 is 0 Å². The number of nitrogens with zero attached hydrogens (tertiary/aromatic N) is 2. The number of anilines is 2. The standard InChI is InChI=1S/C21H25N3O3/c1-3-6-16-7-9-18(19(13-16)26-2)27-15-21(25)23-17-8-10-20(22-14-17)24-11-4-5-12-24/h3,7-10,13-14H,1,4-6,11-12,15H2,2H3,(H,23,25). The number of carbonyl (C=O) groups is 1. The summed E-state index contributed by atoms with van der Waals surface area (Å²) >= 11 is 0. The zero-order valence-corrected chi connectivity index (χ0v) is 15.6. The molecule has 0 unspecified atom stereocenters. The second kappa shape index (κ2) is 9.07. The number of hydrogen-bond donors (Lipinski definition) is 1. The fourth-order valence-corrected chi connectivity index (χ4v) is 3.06. The predicted octanol–water partition coefficient (Wildman–Crippen LogP) is 3.44. The van der Waals surface area contributed by atoms with Crippen molar-refractivity contribution >= 4 is 17.4 Å². The van der Waals surface area contributed by atoms with Crippen molar-refractivity contribution in [3.63, 3.8) is 0 Å². The van der Waals surface area contributed by atoms with E-state index in [1.807, 2.05) is 30.3 Å². The molecule has 6 heteroatoms. The highest BCUT2D eigenvalue weighted by atomic mass is 16.5. The van der Waals surface area contributed by atoms with E-state index in [0.29, 0.717) is 17.2 Å². The monoisotopic (exact) mass is 367 g/mol. The van der Waals surface area contributed by atoms with Gasteiger partial charge in [-0.15, -0.1) is 6.58 Å². The summed E-state index contributed by atoms with van der Waals surface area (Å²) in [5, 5.41) is 2.80. The lowest BCUT2D eigenvalue weighted by Gasteiger charge is -2.16.